The lowest BCUT2D eigenvalue weighted by atomic mass is 9.72. The number of thiophene rings is 1. The summed E-state index contributed by atoms with van der Waals surface area (Å²) in [7, 11) is 0. The molecule has 0 radical (unpaired) electrons. The third kappa shape index (κ3) is 4.08. The summed E-state index contributed by atoms with van der Waals surface area (Å²) in [6, 6.07) is 4.33. The first-order valence-corrected chi connectivity index (χ1v) is 9.22. The number of amides is 1. The molecule has 2 aliphatic rings. The van der Waals surface area contributed by atoms with Crippen LogP contribution in [-0.4, -0.2) is 31.2 Å². The molecule has 4 nitrogen and oxygen atoms in total. The van der Waals surface area contributed by atoms with Crippen LogP contribution in [0.5, 0.6) is 0 Å². The van der Waals surface area contributed by atoms with Gasteiger partial charge in [0, 0.05) is 30.1 Å². The highest BCUT2D eigenvalue weighted by Crippen LogP contribution is 2.41. The van der Waals surface area contributed by atoms with Gasteiger partial charge in [0.25, 0.3) is 0 Å². The number of hydrogen-bond acceptors (Lipinski definition) is 4. The van der Waals surface area contributed by atoms with Gasteiger partial charge in [0.15, 0.2) is 0 Å². The fourth-order valence-electron chi connectivity index (χ4n) is 3.71. The number of rotatable bonds is 4. The van der Waals surface area contributed by atoms with Crippen molar-refractivity contribution in [2.24, 2.45) is 5.73 Å². The summed E-state index contributed by atoms with van der Waals surface area (Å²) in [5.74, 6) is -0.00250. The molecule has 1 aromatic heterocycles. The van der Waals surface area contributed by atoms with Crippen LogP contribution >= 0.6 is 23.7 Å². The van der Waals surface area contributed by atoms with Crippen LogP contribution in [0, 0.1) is 0 Å². The van der Waals surface area contributed by atoms with E-state index in [0.29, 0.717) is 32.6 Å². The van der Waals surface area contributed by atoms with Crippen molar-refractivity contribution in [3.63, 3.8) is 0 Å². The zero-order valence-corrected chi connectivity index (χ0v) is 15.1. The van der Waals surface area contributed by atoms with Crippen LogP contribution in [-0.2, 0) is 14.9 Å². The smallest absolute Gasteiger partial charge is 0.240 e. The SMILES string of the molecule is Cl.NC1(C(=O)NCC2(c3cccs3)CCCCC2)CCOCC1. The fourth-order valence-corrected chi connectivity index (χ4v) is 4.69. The second-order valence-corrected chi connectivity index (χ2v) is 7.72. The van der Waals surface area contributed by atoms with Crippen LogP contribution in [0.4, 0.5) is 0 Å². The standard InChI is InChI=1S/C17H26N2O2S.ClH/c18-17(8-10-21-11-9-17)15(20)19-13-16(6-2-1-3-7-16)14-5-4-12-22-14;/h4-5,12H,1-3,6-11,13,18H2,(H,19,20);1H. The van der Waals surface area contributed by atoms with Gasteiger partial charge < -0.3 is 15.8 Å². The van der Waals surface area contributed by atoms with Gasteiger partial charge in [-0.3, -0.25) is 4.79 Å². The van der Waals surface area contributed by atoms with Crippen molar-refractivity contribution in [1.29, 1.82) is 0 Å². The van der Waals surface area contributed by atoms with E-state index in [1.165, 1.54) is 24.1 Å². The summed E-state index contributed by atoms with van der Waals surface area (Å²) in [6.45, 7) is 1.88. The molecule has 2 heterocycles. The van der Waals surface area contributed by atoms with Crippen molar-refractivity contribution in [2.45, 2.75) is 55.9 Å². The Morgan fingerprint density at radius 3 is 2.52 bits per heavy atom. The molecule has 1 saturated carbocycles. The Kier molecular flexibility index (Phi) is 6.48. The molecule has 2 fully saturated rings. The first-order chi connectivity index (χ1) is 10.6. The van der Waals surface area contributed by atoms with Crippen LogP contribution < -0.4 is 11.1 Å². The molecule has 1 aromatic rings. The van der Waals surface area contributed by atoms with E-state index in [1.807, 2.05) is 11.3 Å². The molecule has 0 spiro atoms. The summed E-state index contributed by atoms with van der Waals surface area (Å²) in [5.41, 5.74) is 5.66. The Hall–Kier alpha value is -0.620. The van der Waals surface area contributed by atoms with Crippen LogP contribution in [0.2, 0.25) is 0 Å². The van der Waals surface area contributed by atoms with E-state index in [2.05, 4.69) is 22.8 Å². The number of carbonyl (C=O) groups is 1. The van der Waals surface area contributed by atoms with Gasteiger partial charge in [-0.05, 0) is 37.1 Å². The first-order valence-electron chi connectivity index (χ1n) is 8.34. The molecule has 1 saturated heterocycles. The Balaban J connectivity index is 0.00000192. The van der Waals surface area contributed by atoms with Crippen molar-refractivity contribution in [3.8, 4) is 0 Å². The van der Waals surface area contributed by atoms with E-state index in [-0.39, 0.29) is 23.7 Å². The van der Waals surface area contributed by atoms with Crippen LogP contribution in [0.1, 0.15) is 49.8 Å². The predicted molar refractivity (Wildman–Crippen MR) is 96.3 cm³/mol. The van der Waals surface area contributed by atoms with Crippen molar-refractivity contribution in [1.82, 2.24) is 5.32 Å². The molecule has 3 N–H and O–H groups in total. The zero-order valence-electron chi connectivity index (χ0n) is 13.5. The lowest BCUT2D eigenvalue weighted by molar-refractivity contribution is -0.130. The topological polar surface area (TPSA) is 64.4 Å². The zero-order chi connectivity index (χ0) is 15.5. The van der Waals surface area contributed by atoms with Crippen LogP contribution in [0.15, 0.2) is 17.5 Å². The van der Waals surface area contributed by atoms with E-state index in [9.17, 15) is 4.79 Å². The second-order valence-electron chi connectivity index (χ2n) is 6.77. The minimum absolute atomic E-state index is 0. The monoisotopic (exact) mass is 358 g/mol. The molecule has 3 rings (SSSR count). The Labute approximate surface area is 148 Å². The highest BCUT2D eigenvalue weighted by molar-refractivity contribution is 7.10. The van der Waals surface area contributed by atoms with Gasteiger partial charge in [-0.15, -0.1) is 23.7 Å². The minimum Gasteiger partial charge on any atom is -0.381 e. The molecular weight excluding hydrogens is 332 g/mol. The Bertz CT molecular complexity index is 495. The first kappa shape index (κ1) is 18.7. The van der Waals surface area contributed by atoms with Crippen molar-refractivity contribution < 1.29 is 9.53 Å². The molecule has 130 valence electrons. The Morgan fingerprint density at radius 2 is 1.91 bits per heavy atom. The average molecular weight is 359 g/mol. The van der Waals surface area contributed by atoms with Gasteiger partial charge in [0.2, 0.25) is 5.91 Å². The third-order valence-electron chi connectivity index (χ3n) is 5.28. The molecule has 0 unspecified atom stereocenters. The summed E-state index contributed by atoms with van der Waals surface area (Å²) >= 11 is 1.81. The second kappa shape index (κ2) is 7.97. The summed E-state index contributed by atoms with van der Waals surface area (Å²) < 4.78 is 5.33. The minimum atomic E-state index is -0.746. The van der Waals surface area contributed by atoms with E-state index in [1.54, 1.807) is 0 Å². The highest BCUT2D eigenvalue weighted by Gasteiger charge is 2.39. The van der Waals surface area contributed by atoms with E-state index in [0.717, 1.165) is 12.8 Å². The lowest BCUT2D eigenvalue weighted by Crippen LogP contribution is -2.58. The summed E-state index contributed by atoms with van der Waals surface area (Å²) in [4.78, 5) is 14.0. The van der Waals surface area contributed by atoms with Crippen LogP contribution in [0.25, 0.3) is 0 Å². The molecule has 1 amide bonds. The fraction of sp³-hybridized carbons (Fsp3) is 0.706. The summed E-state index contributed by atoms with van der Waals surface area (Å²) in [6.07, 6.45) is 7.35. The molecule has 0 aromatic carbocycles. The van der Waals surface area contributed by atoms with E-state index < -0.39 is 5.54 Å². The summed E-state index contributed by atoms with van der Waals surface area (Å²) in [5, 5.41) is 5.31. The molecule has 23 heavy (non-hydrogen) atoms. The molecule has 6 heteroatoms. The molecule has 0 atom stereocenters. The van der Waals surface area contributed by atoms with Gasteiger partial charge in [-0.25, -0.2) is 0 Å². The largest absolute Gasteiger partial charge is 0.381 e. The Morgan fingerprint density at radius 1 is 1.22 bits per heavy atom. The van der Waals surface area contributed by atoms with Gasteiger partial charge in [-0.2, -0.15) is 0 Å². The van der Waals surface area contributed by atoms with Gasteiger partial charge in [0.05, 0.1) is 5.54 Å². The van der Waals surface area contributed by atoms with E-state index in [4.69, 9.17) is 10.5 Å². The maximum atomic E-state index is 12.6. The van der Waals surface area contributed by atoms with Crippen LogP contribution in [0.3, 0.4) is 0 Å². The number of ether oxygens (including phenoxy) is 1. The number of hydrogen-bond donors (Lipinski definition) is 2. The quantitative estimate of drug-likeness (QED) is 0.869. The highest BCUT2D eigenvalue weighted by atomic mass is 35.5. The van der Waals surface area contributed by atoms with Gasteiger partial charge in [0.1, 0.15) is 0 Å². The molecular formula is C17H27ClN2O2S. The van der Waals surface area contributed by atoms with Crippen molar-refractivity contribution >= 4 is 29.7 Å². The molecule has 1 aliphatic heterocycles. The number of nitrogens with one attached hydrogen (secondary N) is 1. The molecule has 1 aliphatic carbocycles. The van der Waals surface area contributed by atoms with E-state index >= 15 is 0 Å². The number of nitrogens with two attached hydrogens (primary N) is 1. The normalized spacial score (nSPS) is 22.8. The van der Waals surface area contributed by atoms with Crippen molar-refractivity contribution in [2.75, 3.05) is 19.8 Å². The lowest BCUT2D eigenvalue weighted by Gasteiger charge is -2.38. The predicted octanol–water partition coefficient (Wildman–Crippen LogP) is 3.00. The molecule has 0 bridgehead atoms. The average Bonchev–Trinajstić information content (AvgIpc) is 3.09. The van der Waals surface area contributed by atoms with Gasteiger partial charge >= 0.3 is 0 Å². The number of carbonyl (C=O) groups excluding carboxylic acids is 1. The number of halogens is 1. The maximum absolute atomic E-state index is 12.6. The maximum Gasteiger partial charge on any atom is 0.240 e. The van der Waals surface area contributed by atoms with Gasteiger partial charge in [-0.1, -0.05) is 25.3 Å². The third-order valence-corrected chi connectivity index (χ3v) is 6.40. The van der Waals surface area contributed by atoms with Crippen molar-refractivity contribution in [3.05, 3.63) is 22.4 Å².